The van der Waals surface area contributed by atoms with Gasteiger partial charge < -0.3 is 15.3 Å². The van der Waals surface area contributed by atoms with Gasteiger partial charge in [-0.05, 0) is 49.4 Å². The quantitative estimate of drug-likeness (QED) is 0.210. The van der Waals surface area contributed by atoms with Crippen LogP contribution in [0.1, 0.15) is 97.8 Å². The molecule has 1 aliphatic carbocycles. The Hall–Kier alpha value is -0.870. The van der Waals surface area contributed by atoms with Crippen molar-refractivity contribution in [2.75, 3.05) is 0 Å². The van der Waals surface area contributed by atoms with Gasteiger partial charge in [0, 0.05) is 5.92 Å². The Morgan fingerprint density at radius 2 is 1.89 bits per heavy atom. The van der Waals surface area contributed by atoms with Gasteiger partial charge in [-0.15, -0.1) is 0 Å². The molecular weight excluding hydrogens is 340 g/mol. The first-order valence-electron chi connectivity index (χ1n) is 11.0. The highest BCUT2D eigenvalue weighted by atomic mass is 16.5. The molecular formula is C23H42O4. The van der Waals surface area contributed by atoms with E-state index in [0.29, 0.717) is 11.8 Å². The van der Waals surface area contributed by atoms with Crippen molar-refractivity contribution < 1.29 is 20.1 Å². The van der Waals surface area contributed by atoms with Gasteiger partial charge in [0.25, 0.3) is 0 Å². The maximum absolute atomic E-state index is 10.9. The summed E-state index contributed by atoms with van der Waals surface area (Å²) in [6.07, 6.45) is 15.6. The number of unbranched alkanes of at least 4 members (excludes halogenated alkanes) is 3. The van der Waals surface area contributed by atoms with Gasteiger partial charge in [0.05, 0.1) is 6.42 Å². The van der Waals surface area contributed by atoms with Crippen LogP contribution in [0, 0.1) is 23.2 Å². The maximum atomic E-state index is 10.9. The van der Waals surface area contributed by atoms with E-state index in [-0.39, 0.29) is 17.8 Å². The van der Waals surface area contributed by atoms with Gasteiger partial charge in [0.15, 0.2) is 6.29 Å². The van der Waals surface area contributed by atoms with Crippen molar-refractivity contribution in [1.29, 1.82) is 0 Å². The Labute approximate surface area is 166 Å². The van der Waals surface area contributed by atoms with E-state index in [1.54, 1.807) is 0 Å². The van der Waals surface area contributed by atoms with Crippen LogP contribution in [0.3, 0.4) is 0 Å². The Bertz CT molecular complexity index is 442. The van der Waals surface area contributed by atoms with Crippen molar-refractivity contribution in [3.63, 3.8) is 0 Å². The SMILES string of the molecule is CCCCCC(C=C[C@H]1CCC[C@@H]1CCCCC(C)(C)CC(=O)O)C(O)O. The number of rotatable bonds is 14. The van der Waals surface area contributed by atoms with Crippen LogP contribution in [0.5, 0.6) is 0 Å². The second kappa shape index (κ2) is 12.6. The van der Waals surface area contributed by atoms with Crippen molar-refractivity contribution >= 4 is 5.97 Å². The van der Waals surface area contributed by atoms with E-state index < -0.39 is 12.3 Å². The molecule has 3 N–H and O–H groups in total. The average molecular weight is 383 g/mol. The average Bonchev–Trinajstić information content (AvgIpc) is 3.00. The van der Waals surface area contributed by atoms with Crippen molar-refractivity contribution in [3.8, 4) is 0 Å². The van der Waals surface area contributed by atoms with Gasteiger partial charge in [0.1, 0.15) is 0 Å². The zero-order valence-electron chi connectivity index (χ0n) is 17.7. The van der Waals surface area contributed by atoms with Gasteiger partial charge in [0.2, 0.25) is 0 Å². The number of aliphatic carboxylic acids is 1. The summed E-state index contributed by atoms with van der Waals surface area (Å²) in [5, 5.41) is 28.2. The molecule has 4 heteroatoms. The molecule has 0 amide bonds. The number of aliphatic hydroxyl groups excluding tert-OH is 1. The summed E-state index contributed by atoms with van der Waals surface area (Å²) in [5.41, 5.74) is -0.121. The predicted octanol–water partition coefficient (Wildman–Crippen LogP) is 5.53. The molecule has 1 rings (SSSR count). The van der Waals surface area contributed by atoms with E-state index in [1.807, 2.05) is 13.8 Å². The van der Waals surface area contributed by atoms with Crippen LogP contribution in [0.4, 0.5) is 0 Å². The van der Waals surface area contributed by atoms with Crippen LogP contribution < -0.4 is 0 Å². The summed E-state index contributed by atoms with van der Waals surface area (Å²) in [7, 11) is 0. The molecule has 0 aromatic carbocycles. The van der Waals surface area contributed by atoms with Crippen molar-refractivity contribution in [2.24, 2.45) is 23.2 Å². The van der Waals surface area contributed by atoms with Crippen molar-refractivity contribution in [2.45, 2.75) is 104 Å². The number of carboxylic acids is 1. The molecule has 3 atom stereocenters. The topological polar surface area (TPSA) is 77.8 Å². The van der Waals surface area contributed by atoms with E-state index in [9.17, 15) is 15.0 Å². The zero-order chi connectivity index (χ0) is 20.3. The minimum absolute atomic E-state index is 0.121. The number of carboxylic acid groups (broad SMARTS) is 1. The van der Waals surface area contributed by atoms with Gasteiger partial charge >= 0.3 is 5.97 Å². The molecule has 0 aliphatic heterocycles. The first-order valence-corrected chi connectivity index (χ1v) is 11.0. The molecule has 4 nitrogen and oxygen atoms in total. The van der Waals surface area contributed by atoms with Gasteiger partial charge in [-0.1, -0.05) is 71.4 Å². The summed E-state index contributed by atoms with van der Waals surface area (Å²) in [6, 6.07) is 0. The highest BCUT2D eigenvalue weighted by Gasteiger charge is 2.26. The number of hydrogen-bond donors (Lipinski definition) is 3. The van der Waals surface area contributed by atoms with Gasteiger partial charge in [-0.2, -0.15) is 0 Å². The van der Waals surface area contributed by atoms with E-state index in [2.05, 4.69) is 19.1 Å². The molecule has 0 spiro atoms. The zero-order valence-corrected chi connectivity index (χ0v) is 17.7. The molecule has 0 saturated heterocycles. The van der Waals surface area contributed by atoms with E-state index in [1.165, 1.54) is 25.7 Å². The lowest BCUT2D eigenvalue weighted by Crippen LogP contribution is -2.18. The molecule has 0 aromatic heterocycles. The molecule has 1 aliphatic rings. The third-order valence-electron chi connectivity index (χ3n) is 6.16. The first kappa shape index (κ1) is 24.2. The van der Waals surface area contributed by atoms with Gasteiger partial charge in [-0.25, -0.2) is 0 Å². The Kier molecular flexibility index (Phi) is 11.2. The van der Waals surface area contributed by atoms with Crippen molar-refractivity contribution in [1.82, 2.24) is 0 Å². The normalized spacial score (nSPS) is 22.0. The molecule has 1 saturated carbocycles. The maximum Gasteiger partial charge on any atom is 0.303 e. The Balaban J connectivity index is 2.40. The molecule has 1 unspecified atom stereocenters. The van der Waals surface area contributed by atoms with E-state index in [0.717, 1.165) is 44.9 Å². The first-order chi connectivity index (χ1) is 12.7. The third-order valence-corrected chi connectivity index (χ3v) is 6.16. The molecule has 0 bridgehead atoms. The minimum atomic E-state index is -1.26. The Morgan fingerprint density at radius 1 is 1.15 bits per heavy atom. The highest BCUT2D eigenvalue weighted by molar-refractivity contribution is 5.67. The van der Waals surface area contributed by atoms with Crippen LogP contribution in [0.15, 0.2) is 12.2 Å². The lowest BCUT2D eigenvalue weighted by atomic mass is 9.82. The molecule has 0 aromatic rings. The number of hydrogen-bond acceptors (Lipinski definition) is 3. The van der Waals surface area contributed by atoms with E-state index >= 15 is 0 Å². The lowest BCUT2D eigenvalue weighted by molar-refractivity contribution is -0.139. The van der Waals surface area contributed by atoms with E-state index in [4.69, 9.17) is 5.11 Å². The fourth-order valence-corrected chi connectivity index (χ4v) is 4.45. The molecule has 0 radical (unpaired) electrons. The smallest absolute Gasteiger partial charge is 0.303 e. The number of carbonyl (C=O) groups is 1. The monoisotopic (exact) mass is 382 g/mol. The summed E-state index contributed by atoms with van der Waals surface area (Å²) < 4.78 is 0. The standard InChI is InChI=1S/C23H42O4/c1-4-5-6-11-20(22(26)27)15-14-19-13-9-12-18(19)10-7-8-16-23(2,3)17-21(24)25/h14-15,18-20,22,26-27H,4-13,16-17H2,1-3H3,(H,24,25)/t18-,19+,20?/m0/s1. The predicted molar refractivity (Wildman–Crippen MR) is 110 cm³/mol. The van der Waals surface area contributed by atoms with Crippen LogP contribution in [-0.2, 0) is 4.79 Å². The second-order valence-corrected chi connectivity index (χ2v) is 9.29. The molecule has 0 heterocycles. The highest BCUT2D eigenvalue weighted by Crippen LogP contribution is 2.37. The summed E-state index contributed by atoms with van der Waals surface area (Å²) >= 11 is 0. The lowest BCUT2D eigenvalue weighted by Gasteiger charge is -2.23. The number of aliphatic hydroxyl groups is 2. The second-order valence-electron chi connectivity index (χ2n) is 9.29. The van der Waals surface area contributed by atoms with Gasteiger partial charge in [-0.3, -0.25) is 4.79 Å². The molecule has 1 fully saturated rings. The fourth-order valence-electron chi connectivity index (χ4n) is 4.45. The number of allylic oxidation sites excluding steroid dienone is 1. The minimum Gasteiger partial charge on any atom is -0.481 e. The molecule has 158 valence electrons. The van der Waals surface area contributed by atoms with Crippen LogP contribution in [-0.4, -0.2) is 27.6 Å². The third kappa shape index (κ3) is 10.3. The Morgan fingerprint density at radius 3 is 2.52 bits per heavy atom. The summed E-state index contributed by atoms with van der Waals surface area (Å²) in [6.45, 7) is 6.24. The van der Waals surface area contributed by atoms with Crippen molar-refractivity contribution in [3.05, 3.63) is 12.2 Å². The van der Waals surface area contributed by atoms with Crippen LogP contribution in [0.2, 0.25) is 0 Å². The summed E-state index contributed by atoms with van der Waals surface area (Å²) in [4.78, 5) is 10.9. The summed E-state index contributed by atoms with van der Waals surface area (Å²) in [5.74, 6) is 0.399. The largest absolute Gasteiger partial charge is 0.481 e. The molecule has 27 heavy (non-hydrogen) atoms. The fraction of sp³-hybridized carbons (Fsp3) is 0.870. The van der Waals surface area contributed by atoms with Crippen LogP contribution >= 0.6 is 0 Å². The van der Waals surface area contributed by atoms with Crippen LogP contribution in [0.25, 0.3) is 0 Å².